The van der Waals surface area contributed by atoms with Gasteiger partial charge in [0, 0.05) is 6.54 Å². The largest absolute Gasteiger partial charge is 0.358 e. The molecule has 0 unspecified atom stereocenters. The Bertz CT molecular complexity index is 117. The lowest BCUT2D eigenvalue weighted by Gasteiger charge is -2.18. The predicted molar refractivity (Wildman–Crippen MR) is 49.9 cm³/mol. The minimum Gasteiger partial charge on any atom is -0.358 e. The van der Waals surface area contributed by atoms with Crippen molar-refractivity contribution in [2.75, 3.05) is 6.54 Å². The summed E-state index contributed by atoms with van der Waals surface area (Å²) >= 11 is 0. The number of nitrogens with one attached hydrogen (secondary N) is 1. The van der Waals surface area contributed by atoms with E-state index in [2.05, 4.69) is 5.32 Å². The van der Waals surface area contributed by atoms with Gasteiger partial charge in [-0.3, -0.25) is 4.79 Å². The first-order chi connectivity index (χ1) is 5.93. The van der Waals surface area contributed by atoms with E-state index in [0.717, 1.165) is 18.9 Å². The monoisotopic (exact) mass is 169 g/mol. The van der Waals surface area contributed by atoms with Crippen LogP contribution in [0.15, 0.2) is 0 Å². The van der Waals surface area contributed by atoms with Crippen LogP contribution in [0.3, 0.4) is 0 Å². The van der Waals surface area contributed by atoms with Gasteiger partial charge in [0.15, 0.2) is 0 Å². The highest BCUT2D eigenvalue weighted by Gasteiger charge is 2.09. The molecule has 0 saturated heterocycles. The van der Waals surface area contributed by atoms with Crippen molar-refractivity contribution in [2.24, 2.45) is 5.92 Å². The van der Waals surface area contributed by atoms with E-state index in [1.165, 1.54) is 44.9 Å². The van der Waals surface area contributed by atoms with Gasteiger partial charge in [0.1, 0.15) is 0 Å². The second kappa shape index (κ2) is 6.04. The number of hydrogen-bond acceptors (Lipinski definition) is 1. The van der Waals surface area contributed by atoms with Gasteiger partial charge in [-0.2, -0.15) is 0 Å². The molecule has 12 heavy (non-hydrogen) atoms. The van der Waals surface area contributed by atoms with E-state index in [4.69, 9.17) is 0 Å². The van der Waals surface area contributed by atoms with E-state index in [9.17, 15) is 4.79 Å². The molecular formula is C10H19NO. The van der Waals surface area contributed by atoms with Gasteiger partial charge < -0.3 is 5.32 Å². The number of rotatable bonds is 3. The number of carbonyl (C=O) groups is 1. The third-order valence-corrected chi connectivity index (χ3v) is 2.71. The summed E-state index contributed by atoms with van der Waals surface area (Å²) in [5, 5.41) is 2.79. The first-order valence-corrected chi connectivity index (χ1v) is 5.10. The van der Waals surface area contributed by atoms with Gasteiger partial charge in [-0.05, 0) is 18.8 Å². The van der Waals surface area contributed by atoms with Crippen molar-refractivity contribution < 1.29 is 4.79 Å². The Labute approximate surface area is 74.7 Å². The molecule has 0 atom stereocenters. The topological polar surface area (TPSA) is 29.1 Å². The lowest BCUT2D eigenvalue weighted by atomic mass is 9.91. The third-order valence-electron chi connectivity index (χ3n) is 2.71. The molecule has 0 aromatic rings. The van der Waals surface area contributed by atoms with Gasteiger partial charge in [-0.15, -0.1) is 0 Å². The van der Waals surface area contributed by atoms with Crippen molar-refractivity contribution in [1.29, 1.82) is 0 Å². The zero-order chi connectivity index (χ0) is 8.65. The van der Waals surface area contributed by atoms with Crippen molar-refractivity contribution >= 4 is 6.41 Å². The van der Waals surface area contributed by atoms with Crippen LogP contribution in [0, 0.1) is 5.92 Å². The minimum atomic E-state index is 0.746. The normalized spacial score (nSPS) is 21.0. The van der Waals surface area contributed by atoms with Gasteiger partial charge in [-0.25, -0.2) is 0 Å². The summed E-state index contributed by atoms with van der Waals surface area (Å²) in [5.74, 6) is 0.746. The van der Waals surface area contributed by atoms with E-state index < -0.39 is 0 Å². The zero-order valence-electron chi connectivity index (χ0n) is 7.72. The second-order valence-electron chi connectivity index (χ2n) is 3.74. The average molecular weight is 169 g/mol. The molecule has 0 radical (unpaired) electrons. The van der Waals surface area contributed by atoms with Crippen LogP contribution in [0.1, 0.15) is 44.9 Å². The van der Waals surface area contributed by atoms with Crippen LogP contribution in [0.2, 0.25) is 0 Å². The molecule has 0 aromatic heterocycles. The molecule has 1 aliphatic rings. The van der Waals surface area contributed by atoms with Gasteiger partial charge in [-0.1, -0.05) is 32.1 Å². The summed E-state index contributed by atoms with van der Waals surface area (Å²) in [5.41, 5.74) is 0. The zero-order valence-corrected chi connectivity index (χ0v) is 7.72. The molecule has 1 saturated carbocycles. The smallest absolute Gasteiger partial charge is 0.207 e. The minimum absolute atomic E-state index is 0.746. The lowest BCUT2D eigenvalue weighted by molar-refractivity contribution is -0.109. The Balaban J connectivity index is 2.15. The Morgan fingerprint density at radius 2 is 1.67 bits per heavy atom. The summed E-state index contributed by atoms with van der Waals surface area (Å²) in [6.45, 7) is 0.892. The Hall–Kier alpha value is -0.530. The van der Waals surface area contributed by atoms with E-state index in [1.807, 2.05) is 0 Å². The highest BCUT2D eigenvalue weighted by Crippen LogP contribution is 2.21. The molecule has 1 aliphatic carbocycles. The SMILES string of the molecule is O=CNCC1CCCCCCC1. The van der Waals surface area contributed by atoms with Crippen LogP contribution in [0.4, 0.5) is 0 Å². The molecule has 1 fully saturated rings. The summed E-state index contributed by atoms with van der Waals surface area (Å²) in [6.07, 6.45) is 10.3. The molecule has 0 aliphatic heterocycles. The van der Waals surface area contributed by atoms with E-state index >= 15 is 0 Å². The summed E-state index contributed by atoms with van der Waals surface area (Å²) in [6, 6.07) is 0. The van der Waals surface area contributed by atoms with Crippen LogP contribution in [0.5, 0.6) is 0 Å². The molecule has 0 bridgehead atoms. The Kier molecular flexibility index (Phi) is 4.81. The Morgan fingerprint density at radius 1 is 1.08 bits per heavy atom. The summed E-state index contributed by atoms with van der Waals surface area (Å²) < 4.78 is 0. The average Bonchev–Trinajstić information content (AvgIpc) is 2.02. The second-order valence-corrected chi connectivity index (χ2v) is 3.74. The maximum Gasteiger partial charge on any atom is 0.207 e. The molecule has 1 rings (SSSR count). The lowest BCUT2D eigenvalue weighted by Crippen LogP contribution is -2.21. The summed E-state index contributed by atoms with van der Waals surface area (Å²) in [7, 11) is 0. The van der Waals surface area contributed by atoms with Gasteiger partial charge in [0.2, 0.25) is 6.41 Å². The van der Waals surface area contributed by atoms with Gasteiger partial charge >= 0.3 is 0 Å². The first-order valence-electron chi connectivity index (χ1n) is 5.10. The molecule has 0 aromatic carbocycles. The van der Waals surface area contributed by atoms with E-state index in [1.54, 1.807) is 0 Å². The highest BCUT2D eigenvalue weighted by molar-refractivity contribution is 5.45. The van der Waals surface area contributed by atoms with Crippen LogP contribution in [0.25, 0.3) is 0 Å². The van der Waals surface area contributed by atoms with Crippen molar-refractivity contribution in [3.63, 3.8) is 0 Å². The quantitative estimate of drug-likeness (QED) is 0.644. The number of hydrogen-bond donors (Lipinski definition) is 1. The maximum atomic E-state index is 10.1. The first kappa shape index (κ1) is 9.56. The predicted octanol–water partition coefficient (Wildman–Crippen LogP) is 2.09. The van der Waals surface area contributed by atoms with Crippen LogP contribution in [-0.2, 0) is 4.79 Å². The standard InChI is InChI=1S/C10H19NO/c12-9-11-8-10-6-4-2-1-3-5-7-10/h9-10H,1-8H2,(H,11,12). The third kappa shape index (κ3) is 3.74. The van der Waals surface area contributed by atoms with Gasteiger partial charge in [0.05, 0.1) is 0 Å². The molecule has 1 N–H and O–H groups in total. The van der Waals surface area contributed by atoms with E-state index in [-0.39, 0.29) is 0 Å². The number of carbonyl (C=O) groups excluding carboxylic acids is 1. The van der Waals surface area contributed by atoms with Gasteiger partial charge in [0.25, 0.3) is 0 Å². The molecule has 0 heterocycles. The maximum absolute atomic E-state index is 10.1. The fourth-order valence-electron chi connectivity index (χ4n) is 1.96. The van der Waals surface area contributed by atoms with Crippen LogP contribution in [-0.4, -0.2) is 13.0 Å². The summed E-state index contributed by atoms with van der Waals surface area (Å²) in [4.78, 5) is 10.1. The van der Waals surface area contributed by atoms with Crippen molar-refractivity contribution in [1.82, 2.24) is 5.32 Å². The molecule has 1 amide bonds. The highest BCUT2D eigenvalue weighted by atomic mass is 16.1. The molecule has 2 heteroatoms. The molecule has 0 spiro atoms. The fraction of sp³-hybridized carbons (Fsp3) is 0.900. The van der Waals surface area contributed by atoms with Crippen molar-refractivity contribution in [2.45, 2.75) is 44.9 Å². The van der Waals surface area contributed by atoms with Crippen LogP contribution < -0.4 is 5.32 Å². The molecule has 70 valence electrons. The van der Waals surface area contributed by atoms with Crippen molar-refractivity contribution in [3.05, 3.63) is 0 Å². The number of amides is 1. The molecule has 2 nitrogen and oxygen atoms in total. The fourth-order valence-corrected chi connectivity index (χ4v) is 1.96. The molecular weight excluding hydrogens is 150 g/mol. The van der Waals surface area contributed by atoms with Crippen LogP contribution >= 0.6 is 0 Å². The van der Waals surface area contributed by atoms with E-state index in [0.29, 0.717) is 0 Å². The van der Waals surface area contributed by atoms with Crippen molar-refractivity contribution in [3.8, 4) is 0 Å². The Morgan fingerprint density at radius 3 is 2.25 bits per heavy atom.